The van der Waals surface area contributed by atoms with E-state index in [1.165, 1.54) is 62.5 Å². The maximum absolute atomic E-state index is 11.8. The van der Waals surface area contributed by atoms with E-state index in [0.717, 1.165) is 25.7 Å². The van der Waals surface area contributed by atoms with Gasteiger partial charge in [0.15, 0.2) is 5.78 Å². The molecule has 0 spiro atoms. The van der Waals surface area contributed by atoms with Crippen molar-refractivity contribution in [3.8, 4) is 0 Å². The van der Waals surface area contributed by atoms with Gasteiger partial charge in [-0.05, 0) is 38.2 Å². The molecule has 1 aliphatic carbocycles. The Hall–Kier alpha value is -0.590. The zero-order valence-corrected chi connectivity index (χ0v) is 12.4. The monoisotopic (exact) mass is 250 g/mol. The van der Waals surface area contributed by atoms with E-state index in [2.05, 4.69) is 13.8 Å². The van der Waals surface area contributed by atoms with Crippen molar-refractivity contribution >= 4 is 5.78 Å². The van der Waals surface area contributed by atoms with Gasteiger partial charge in [-0.25, -0.2) is 0 Å². The molecule has 0 aromatic rings. The highest BCUT2D eigenvalue weighted by Gasteiger charge is 2.16. The molecule has 0 bridgehead atoms. The smallest absolute Gasteiger partial charge is 0.158 e. The molecule has 0 aliphatic heterocycles. The number of carbonyl (C=O) groups is 1. The number of carbonyl (C=O) groups excluding carboxylic acids is 1. The van der Waals surface area contributed by atoms with Gasteiger partial charge in [0, 0.05) is 6.42 Å². The maximum atomic E-state index is 11.8. The van der Waals surface area contributed by atoms with Crippen molar-refractivity contribution in [2.45, 2.75) is 90.9 Å². The molecule has 1 nitrogen and oxygen atoms in total. The second-order valence-electron chi connectivity index (χ2n) is 5.76. The van der Waals surface area contributed by atoms with Gasteiger partial charge in [-0.1, -0.05) is 57.4 Å². The molecule has 0 radical (unpaired) electrons. The first-order valence-electron chi connectivity index (χ1n) is 7.97. The fourth-order valence-corrected chi connectivity index (χ4v) is 2.84. The summed E-state index contributed by atoms with van der Waals surface area (Å²) in [6.45, 7) is 4.41. The van der Waals surface area contributed by atoms with Crippen LogP contribution >= 0.6 is 0 Å². The Morgan fingerprint density at radius 2 is 1.50 bits per heavy atom. The summed E-state index contributed by atoms with van der Waals surface area (Å²) in [5.74, 6) is 0.432. The zero-order chi connectivity index (χ0) is 13.2. The van der Waals surface area contributed by atoms with Crippen LogP contribution in [0.3, 0.4) is 0 Å². The summed E-state index contributed by atoms with van der Waals surface area (Å²) < 4.78 is 0. The van der Waals surface area contributed by atoms with Gasteiger partial charge in [-0.2, -0.15) is 0 Å². The van der Waals surface area contributed by atoms with Crippen LogP contribution in [0.4, 0.5) is 0 Å². The molecule has 1 rings (SSSR count). The second-order valence-corrected chi connectivity index (χ2v) is 5.76. The van der Waals surface area contributed by atoms with Crippen molar-refractivity contribution in [3.05, 3.63) is 11.1 Å². The van der Waals surface area contributed by atoms with E-state index in [1.807, 2.05) is 0 Å². The maximum Gasteiger partial charge on any atom is 0.158 e. The Labute approximate surface area is 113 Å². The molecule has 0 saturated carbocycles. The quantitative estimate of drug-likeness (QED) is 0.488. The molecular formula is C17H30O. The van der Waals surface area contributed by atoms with Gasteiger partial charge in [0.25, 0.3) is 0 Å². The summed E-state index contributed by atoms with van der Waals surface area (Å²) in [5, 5.41) is 0. The highest BCUT2D eigenvalue weighted by Crippen LogP contribution is 2.25. The summed E-state index contributed by atoms with van der Waals surface area (Å²) in [6, 6.07) is 0. The Balaban J connectivity index is 2.05. The first-order chi connectivity index (χ1) is 8.75. The lowest BCUT2D eigenvalue weighted by Crippen LogP contribution is -2.10. The Kier molecular flexibility index (Phi) is 8.04. The van der Waals surface area contributed by atoms with Gasteiger partial charge in [0.2, 0.25) is 0 Å². The van der Waals surface area contributed by atoms with Gasteiger partial charge in [0.05, 0.1) is 0 Å². The summed E-state index contributed by atoms with van der Waals surface area (Å²) >= 11 is 0. The number of ketones is 1. The van der Waals surface area contributed by atoms with Crippen LogP contribution in [-0.4, -0.2) is 5.78 Å². The fourth-order valence-electron chi connectivity index (χ4n) is 2.84. The summed E-state index contributed by atoms with van der Waals surface area (Å²) in [5.41, 5.74) is 2.54. The van der Waals surface area contributed by atoms with Crippen molar-refractivity contribution in [2.75, 3.05) is 0 Å². The van der Waals surface area contributed by atoms with E-state index in [0.29, 0.717) is 5.78 Å². The molecule has 0 heterocycles. The molecule has 0 fully saturated rings. The van der Waals surface area contributed by atoms with Gasteiger partial charge in [-0.15, -0.1) is 0 Å². The first kappa shape index (κ1) is 15.5. The van der Waals surface area contributed by atoms with Crippen LogP contribution in [0.15, 0.2) is 11.1 Å². The van der Waals surface area contributed by atoms with E-state index in [-0.39, 0.29) is 0 Å². The molecule has 0 atom stereocenters. The van der Waals surface area contributed by atoms with Crippen LogP contribution in [-0.2, 0) is 4.79 Å². The van der Waals surface area contributed by atoms with Crippen LogP contribution < -0.4 is 0 Å². The molecule has 1 heteroatoms. The molecule has 0 amide bonds. The van der Waals surface area contributed by atoms with Gasteiger partial charge in [0.1, 0.15) is 0 Å². The van der Waals surface area contributed by atoms with Gasteiger partial charge in [-0.3, -0.25) is 4.79 Å². The minimum atomic E-state index is 0.432. The number of unbranched alkanes of at least 4 members (excludes halogenated alkanes) is 7. The third-order valence-electron chi connectivity index (χ3n) is 4.09. The molecule has 0 saturated heterocycles. The Morgan fingerprint density at radius 3 is 2.11 bits per heavy atom. The van der Waals surface area contributed by atoms with Crippen LogP contribution in [0.5, 0.6) is 0 Å². The number of hydrogen-bond acceptors (Lipinski definition) is 1. The highest BCUT2D eigenvalue weighted by atomic mass is 16.1. The lowest BCUT2D eigenvalue weighted by molar-refractivity contribution is -0.116. The van der Waals surface area contributed by atoms with Crippen molar-refractivity contribution in [1.29, 1.82) is 0 Å². The minimum absolute atomic E-state index is 0.432. The third kappa shape index (κ3) is 5.84. The normalized spacial score (nSPS) is 16.4. The van der Waals surface area contributed by atoms with Crippen molar-refractivity contribution in [2.24, 2.45) is 0 Å². The number of hydrogen-bond donors (Lipinski definition) is 0. The van der Waals surface area contributed by atoms with Crippen molar-refractivity contribution in [1.82, 2.24) is 0 Å². The second kappa shape index (κ2) is 9.35. The zero-order valence-electron chi connectivity index (χ0n) is 12.4. The highest BCUT2D eigenvalue weighted by molar-refractivity contribution is 5.96. The predicted molar refractivity (Wildman–Crippen MR) is 78.8 cm³/mol. The van der Waals surface area contributed by atoms with Gasteiger partial charge < -0.3 is 0 Å². The molecule has 18 heavy (non-hydrogen) atoms. The Morgan fingerprint density at radius 1 is 0.889 bits per heavy atom. The number of rotatable bonds is 9. The molecule has 104 valence electrons. The van der Waals surface area contributed by atoms with E-state index in [9.17, 15) is 4.79 Å². The summed E-state index contributed by atoms with van der Waals surface area (Å²) in [6.07, 6.45) is 14.8. The number of allylic oxidation sites excluding steroid dienone is 2. The lowest BCUT2D eigenvalue weighted by atomic mass is 9.88. The molecule has 1 aliphatic rings. The standard InChI is InChI=1S/C17H30O/c1-3-4-5-6-7-8-9-10-13-16-15(2)12-11-14-17(16)18/h3-14H2,1-2H3. The van der Waals surface area contributed by atoms with Crippen molar-refractivity contribution < 1.29 is 4.79 Å². The fraction of sp³-hybridized carbons (Fsp3) is 0.824. The Bertz CT molecular complexity index is 275. The minimum Gasteiger partial charge on any atom is -0.295 e. The molecule has 0 aromatic carbocycles. The van der Waals surface area contributed by atoms with E-state index in [4.69, 9.17) is 0 Å². The van der Waals surface area contributed by atoms with Gasteiger partial charge >= 0.3 is 0 Å². The lowest BCUT2D eigenvalue weighted by Gasteiger charge is -2.16. The molecule has 0 N–H and O–H groups in total. The van der Waals surface area contributed by atoms with Crippen molar-refractivity contribution in [3.63, 3.8) is 0 Å². The van der Waals surface area contributed by atoms with Crippen LogP contribution in [0.25, 0.3) is 0 Å². The summed E-state index contributed by atoms with van der Waals surface area (Å²) in [4.78, 5) is 11.8. The average Bonchev–Trinajstić information content (AvgIpc) is 2.35. The SMILES string of the molecule is CCCCCCCCCCC1=C(C)CCCC1=O. The van der Waals surface area contributed by atoms with Crippen LogP contribution in [0.1, 0.15) is 90.9 Å². The predicted octanol–water partition coefficient (Wildman–Crippen LogP) is 5.59. The molecule has 0 unspecified atom stereocenters. The first-order valence-corrected chi connectivity index (χ1v) is 7.97. The molecular weight excluding hydrogens is 220 g/mol. The molecule has 0 aromatic heterocycles. The van der Waals surface area contributed by atoms with E-state index < -0.39 is 0 Å². The van der Waals surface area contributed by atoms with E-state index >= 15 is 0 Å². The summed E-state index contributed by atoms with van der Waals surface area (Å²) in [7, 11) is 0. The largest absolute Gasteiger partial charge is 0.295 e. The topological polar surface area (TPSA) is 17.1 Å². The van der Waals surface area contributed by atoms with Crippen LogP contribution in [0, 0.1) is 0 Å². The average molecular weight is 250 g/mol. The van der Waals surface area contributed by atoms with Crippen LogP contribution in [0.2, 0.25) is 0 Å². The van der Waals surface area contributed by atoms with E-state index in [1.54, 1.807) is 0 Å². The number of Topliss-reactive ketones (excluding diaryl/α,β-unsaturated/α-hetero) is 1. The third-order valence-corrected chi connectivity index (χ3v) is 4.09.